The molecule has 1 aliphatic carbocycles. The van der Waals surface area contributed by atoms with Gasteiger partial charge < -0.3 is 9.64 Å². The lowest BCUT2D eigenvalue weighted by atomic mass is 9.87. The van der Waals surface area contributed by atoms with Crippen LogP contribution < -0.4 is 0 Å². The second kappa shape index (κ2) is 9.00. The molecule has 1 atom stereocenters. The summed E-state index contributed by atoms with van der Waals surface area (Å²) >= 11 is 0. The van der Waals surface area contributed by atoms with Gasteiger partial charge in [-0.15, -0.1) is 0 Å². The molecule has 4 heteroatoms. The quantitative estimate of drug-likeness (QED) is 0.660. The van der Waals surface area contributed by atoms with Gasteiger partial charge in [-0.2, -0.15) is 0 Å². The van der Waals surface area contributed by atoms with E-state index in [2.05, 4.69) is 59.2 Å². The molecule has 3 aliphatic rings. The summed E-state index contributed by atoms with van der Waals surface area (Å²) in [5.41, 5.74) is 7.36. The summed E-state index contributed by atoms with van der Waals surface area (Å²) in [5, 5.41) is 0. The Bertz CT molecular complexity index is 838. The molecular formula is C25H32N2O2. The first-order chi connectivity index (χ1) is 14.2. The van der Waals surface area contributed by atoms with Crippen molar-refractivity contribution in [1.29, 1.82) is 0 Å². The zero-order valence-electron chi connectivity index (χ0n) is 17.7. The Kier molecular flexibility index (Phi) is 6.19. The standard InChI is InChI=1S/C25H32N2O2/c1-3-29-25(28)13-15-26-14-7-10-23-22(18-26)21-16-19(2)11-12-24(21)27(23)17-20-8-5-4-6-9-20/h4-6,8-9,11-12,21H,3,7,10,13-18H2,1-2H3. The number of fused-ring (bicyclic) bond motifs is 2. The van der Waals surface area contributed by atoms with E-state index in [9.17, 15) is 4.79 Å². The first-order valence-corrected chi connectivity index (χ1v) is 10.9. The highest BCUT2D eigenvalue weighted by atomic mass is 16.5. The third kappa shape index (κ3) is 4.48. The highest BCUT2D eigenvalue weighted by Crippen LogP contribution is 2.46. The molecule has 0 aromatic heterocycles. The van der Waals surface area contributed by atoms with Gasteiger partial charge in [0.05, 0.1) is 13.0 Å². The normalized spacial score (nSPS) is 21.9. The summed E-state index contributed by atoms with van der Waals surface area (Å²) in [6.07, 6.45) is 8.47. The average molecular weight is 393 g/mol. The molecule has 4 rings (SSSR count). The molecule has 1 aromatic carbocycles. The smallest absolute Gasteiger partial charge is 0.307 e. The van der Waals surface area contributed by atoms with E-state index in [1.165, 1.54) is 22.5 Å². The van der Waals surface area contributed by atoms with Crippen LogP contribution in [0, 0.1) is 5.92 Å². The summed E-state index contributed by atoms with van der Waals surface area (Å²) < 4.78 is 5.13. The zero-order chi connectivity index (χ0) is 20.2. The molecule has 1 aromatic rings. The van der Waals surface area contributed by atoms with Gasteiger partial charge in [-0.05, 0) is 56.9 Å². The number of nitrogens with zero attached hydrogens (tertiary/aromatic N) is 2. The van der Waals surface area contributed by atoms with Crippen LogP contribution in [-0.4, -0.2) is 42.0 Å². The first kappa shape index (κ1) is 20.0. The van der Waals surface area contributed by atoms with E-state index in [0.29, 0.717) is 18.9 Å². The summed E-state index contributed by atoms with van der Waals surface area (Å²) in [5.74, 6) is 0.405. The van der Waals surface area contributed by atoms with Crippen LogP contribution in [0.4, 0.5) is 0 Å². The van der Waals surface area contributed by atoms with Crippen LogP contribution in [0.5, 0.6) is 0 Å². The van der Waals surface area contributed by atoms with Crippen molar-refractivity contribution in [2.75, 3.05) is 26.2 Å². The molecule has 0 fully saturated rings. The van der Waals surface area contributed by atoms with Gasteiger partial charge in [0.25, 0.3) is 0 Å². The van der Waals surface area contributed by atoms with Gasteiger partial charge in [-0.1, -0.05) is 42.0 Å². The summed E-state index contributed by atoms with van der Waals surface area (Å²) in [6.45, 7) is 8.31. The van der Waals surface area contributed by atoms with Crippen molar-refractivity contribution < 1.29 is 9.53 Å². The van der Waals surface area contributed by atoms with E-state index in [4.69, 9.17) is 4.74 Å². The Morgan fingerprint density at radius 2 is 2.03 bits per heavy atom. The topological polar surface area (TPSA) is 32.8 Å². The third-order valence-corrected chi connectivity index (χ3v) is 6.25. The molecular weight excluding hydrogens is 360 g/mol. The predicted molar refractivity (Wildman–Crippen MR) is 116 cm³/mol. The van der Waals surface area contributed by atoms with E-state index < -0.39 is 0 Å². The van der Waals surface area contributed by atoms with Crippen LogP contribution in [0.1, 0.15) is 45.1 Å². The Morgan fingerprint density at radius 1 is 1.21 bits per heavy atom. The monoisotopic (exact) mass is 392 g/mol. The average Bonchev–Trinajstić information content (AvgIpc) is 2.87. The minimum atomic E-state index is -0.0832. The van der Waals surface area contributed by atoms with Crippen LogP contribution in [0.15, 0.2) is 65.0 Å². The fourth-order valence-corrected chi connectivity index (χ4v) is 4.86. The molecule has 1 unspecified atom stereocenters. The Labute approximate surface area is 174 Å². The number of rotatable bonds is 6. The molecule has 4 nitrogen and oxygen atoms in total. The van der Waals surface area contributed by atoms with Gasteiger partial charge in [0.2, 0.25) is 0 Å². The maximum Gasteiger partial charge on any atom is 0.307 e. The number of carbonyl (C=O) groups excluding carboxylic acids is 1. The minimum absolute atomic E-state index is 0.0832. The van der Waals surface area contributed by atoms with Crippen molar-refractivity contribution in [1.82, 2.24) is 9.80 Å². The van der Waals surface area contributed by atoms with Crippen molar-refractivity contribution in [2.45, 2.75) is 46.1 Å². The summed E-state index contributed by atoms with van der Waals surface area (Å²) in [4.78, 5) is 16.9. The van der Waals surface area contributed by atoms with Crippen molar-refractivity contribution in [3.05, 3.63) is 70.6 Å². The van der Waals surface area contributed by atoms with E-state index in [-0.39, 0.29) is 5.97 Å². The molecule has 29 heavy (non-hydrogen) atoms. The molecule has 0 spiro atoms. The van der Waals surface area contributed by atoms with E-state index in [1.807, 2.05) is 6.92 Å². The second-order valence-corrected chi connectivity index (χ2v) is 8.34. The van der Waals surface area contributed by atoms with Crippen molar-refractivity contribution in [3.8, 4) is 0 Å². The zero-order valence-corrected chi connectivity index (χ0v) is 17.7. The molecule has 0 amide bonds. The molecule has 0 N–H and O–H groups in total. The fourth-order valence-electron chi connectivity index (χ4n) is 4.86. The number of ether oxygens (including phenoxy) is 1. The SMILES string of the molecule is CCOC(=O)CCN1CCCC2=C(C1)C1CC(C)=CC=C1N2Cc1ccccc1. The fraction of sp³-hybridized carbons (Fsp3) is 0.480. The second-order valence-electron chi connectivity index (χ2n) is 8.34. The lowest BCUT2D eigenvalue weighted by Gasteiger charge is -2.29. The van der Waals surface area contributed by atoms with Gasteiger partial charge in [-0.3, -0.25) is 9.69 Å². The van der Waals surface area contributed by atoms with Crippen molar-refractivity contribution in [2.24, 2.45) is 5.92 Å². The number of esters is 1. The molecule has 2 aliphatic heterocycles. The number of carbonyl (C=O) groups is 1. The Hall–Kier alpha value is -2.33. The number of benzene rings is 1. The largest absolute Gasteiger partial charge is 0.466 e. The van der Waals surface area contributed by atoms with Crippen LogP contribution in [0.25, 0.3) is 0 Å². The van der Waals surface area contributed by atoms with Gasteiger partial charge in [0.15, 0.2) is 0 Å². The van der Waals surface area contributed by atoms with E-state index in [1.54, 1.807) is 5.57 Å². The lowest BCUT2D eigenvalue weighted by Crippen LogP contribution is -2.30. The maximum atomic E-state index is 11.8. The predicted octanol–water partition coefficient (Wildman–Crippen LogP) is 4.66. The van der Waals surface area contributed by atoms with E-state index in [0.717, 1.165) is 45.4 Å². The van der Waals surface area contributed by atoms with E-state index >= 15 is 0 Å². The third-order valence-electron chi connectivity index (χ3n) is 6.25. The Balaban J connectivity index is 1.56. The highest BCUT2D eigenvalue weighted by Gasteiger charge is 2.38. The number of hydrogen-bond acceptors (Lipinski definition) is 4. The van der Waals surface area contributed by atoms with Crippen LogP contribution in [0.3, 0.4) is 0 Å². The van der Waals surface area contributed by atoms with Crippen LogP contribution in [0.2, 0.25) is 0 Å². The molecule has 154 valence electrons. The minimum Gasteiger partial charge on any atom is -0.466 e. The molecule has 0 radical (unpaired) electrons. The summed E-state index contributed by atoms with van der Waals surface area (Å²) in [6, 6.07) is 10.8. The van der Waals surface area contributed by atoms with Gasteiger partial charge in [-0.25, -0.2) is 0 Å². The maximum absolute atomic E-state index is 11.8. The van der Waals surface area contributed by atoms with Gasteiger partial charge in [0, 0.05) is 36.9 Å². The van der Waals surface area contributed by atoms with Gasteiger partial charge >= 0.3 is 5.97 Å². The van der Waals surface area contributed by atoms with Crippen molar-refractivity contribution in [3.63, 3.8) is 0 Å². The van der Waals surface area contributed by atoms with Crippen molar-refractivity contribution >= 4 is 5.97 Å². The van der Waals surface area contributed by atoms with Gasteiger partial charge in [0.1, 0.15) is 0 Å². The molecule has 0 saturated carbocycles. The Morgan fingerprint density at radius 3 is 2.83 bits per heavy atom. The molecule has 0 saturated heterocycles. The molecule has 2 heterocycles. The highest BCUT2D eigenvalue weighted by molar-refractivity contribution is 5.69. The number of allylic oxidation sites excluding steroid dienone is 5. The number of hydrogen-bond donors (Lipinski definition) is 0. The van der Waals surface area contributed by atoms with Crippen LogP contribution >= 0.6 is 0 Å². The lowest BCUT2D eigenvalue weighted by molar-refractivity contribution is -0.143. The first-order valence-electron chi connectivity index (χ1n) is 10.9. The van der Waals surface area contributed by atoms with Crippen LogP contribution in [-0.2, 0) is 16.1 Å². The summed E-state index contributed by atoms with van der Waals surface area (Å²) in [7, 11) is 0. The molecule has 0 bridgehead atoms.